The van der Waals surface area contributed by atoms with Gasteiger partial charge >= 0.3 is 0 Å². The average Bonchev–Trinajstić information content (AvgIpc) is 2.93. The van der Waals surface area contributed by atoms with Crippen LogP contribution in [0.5, 0.6) is 0 Å². The number of nitrogens with zero attached hydrogens (tertiary/aromatic N) is 1. The highest BCUT2D eigenvalue weighted by Crippen LogP contribution is 2.18. The van der Waals surface area contributed by atoms with Crippen LogP contribution in [-0.4, -0.2) is 22.4 Å². The van der Waals surface area contributed by atoms with Gasteiger partial charge in [0.25, 0.3) is 5.91 Å². The maximum absolute atomic E-state index is 12.4. The van der Waals surface area contributed by atoms with Crippen molar-refractivity contribution in [3.63, 3.8) is 0 Å². The normalized spacial score (nSPS) is 11.9. The van der Waals surface area contributed by atoms with Crippen LogP contribution in [0.2, 0.25) is 0 Å². The number of carbonyl (C=O) groups excluding carboxylic acids is 1. The van der Waals surface area contributed by atoms with Crippen molar-refractivity contribution in [3.05, 3.63) is 47.5 Å². The Morgan fingerprint density at radius 3 is 2.90 bits per heavy atom. The Morgan fingerprint density at radius 1 is 1.45 bits per heavy atom. The first-order valence-electron chi connectivity index (χ1n) is 6.76. The van der Waals surface area contributed by atoms with Gasteiger partial charge in [-0.2, -0.15) is 0 Å². The Bertz CT molecular complexity index is 578. The van der Waals surface area contributed by atoms with Crippen molar-refractivity contribution in [2.24, 2.45) is 0 Å². The lowest BCUT2D eigenvalue weighted by molar-refractivity contribution is 0.0939. The number of anilines is 1. The van der Waals surface area contributed by atoms with E-state index in [4.69, 9.17) is 0 Å². The van der Waals surface area contributed by atoms with Crippen molar-refractivity contribution < 1.29 is 4.79 Å². The highest BCUT2D eigenvalue weighted by Gasteiger charge is 2.15. The fourth-order valence-corrected chi connectivity index (χ4v) is 2.05. The molecule has 1 aromatic carbocycles. The molecule has 0 spiro atoms. The largest absolute Gasteiger partial charge is 0.385 e. The predicted octanol–water partition coefficient (Wildman–Crippen LogP) is 2.64. The third kappa shape index (κ3) is 3.17. The second kappa shape index (κ2) is 6.23. The molecule has 5 nitrogen and oxygen atoms in total. The van der Waals surface area contributed by atoms with Crippen LogP contribution >= 0.6 is 0 Å². The van der Waals surface area contributed by atoms with Gasteiger partial charge in [-0.1, -0.05) is 6.07 Å². The van der Waals surface area contributed by atoms with Crippen LogP contribution < -0.4 is 10.6 Å². The number of aromatic amines is 1. The molecule has 1 unspecified atom stereocenters. The molecular formula is C15H20N4O. The molecule has 1 amide bonds. The van der Waals surface area contributed by atoms with Gasteiger partial charge in [0.15, 0.2) is 0 Å². The maximum atomic E-state index is 12.4. The summed E-state index contributed by atoms with van der Waals surface area (Å²) >= 11 is 0. The van der Waals surface area contributed by atoms with E-state index in [2.05, 4.69) is 20.6 Å². The van der Waals surface area contributed by atoms with Crippen molar-refractivity contribution in [3.8, 4) is 0 Å². The molecule has 0 radical (unpaired) electrons. The van der Waals surface area contributed by atoms with Crippen LogP contribution in [0, 0.1) is 6.92 Å². The van der Waals surface area contributed by atoms with Crippen molar-refractivity contribution in [1.29, 1.82) is 0 Å². The summed E-state index contributed by atoms with van der Waals surface area (Å²) in [7, 11) is 0. The minimum Gasteiger partial charge on any atom is -0.385 e. The third-order valence-electron chi connectivity index (χ3n) is 3.06. The fraction of sp³-hybridized carbons (Fsp3) is 0.333. The highest BCUT2D eigenvalue weighted by molar-refractivity contribution is 5.99. The molecule has 0 aliphatic rings. The lowest BCUT2D eigenvalue weighted by Crippen LogP contribution is -2.28. The zero-order valence-corrected chi connectivity index (χ0v) is 12.0. The van der Waals surface area contributed by atoms with Crippen LogP contribution in [0.1, 0.15) is 41.6 Å². The van der Waals surface area contributed by atoms with E-state index in [-0.39, 0.29) is 11.9 Å². The van der Waals surface area contributed by atoms with Crippen molar-refractivity contribution in [2.45, 2.75) is 26.8 Å². The van der Waals surface area contributed by atoms with Gasteiger partial charge in [0, 0.05) is 24.6 Å². The van der Waals surface area contributed by atoms with Gasteiger partial charge in [0.2, 0.25) is 0 Å². The van der Waals surface area contributed by atoms with E-state index >= 15 is 0 Å². The van der Waals surface area contributed by atoms with Crippen molar-refractivity contribution in [2.75, 3.05) is 11.9 Å². The molecule has 1 heterocycles. The Balaban J connectivity index is 2.16. The maximum Gasteiger partial charge on any atom is 0.253 e. The summed E-state index contributed by atoms with van der Waals surface area (Å²) in [6.07, 6.45) is 3.42. The molecule has 0 saturated carbocycles. The lowest BCUT2D eigenvalue weighted by atomic mass is 10.1. The van der Waals surface area contributed by atoms with Crippen LogP contribution in [0.4, 0.5) is 5.69 Å². The molecule has 0 fully saturated rings. The number of rotatable bonds is 5. The summed E-state index contributed by atoms with van der Waals surface area (Å²) in [5.74, 6) is 0.639. The zero-order valence-electron chi connectivity index (χ0n) is 12.0. The number of aryl methyl sites for hydroxylation is 1. The first-order valence-corrected chi connectivity index (χ1v) is 6.76. The summed E-state index contributed by atoms with van der Waals surface area (Å²) in [5.41, 5.74) is 2.63. The Labute approximate surface area is 118 Å². The fourth-order valence-electron chi connectivity index (χ4n) is 2.05. The summed E-state index contributed by atoms with van der Waals surface area (Å²) in [6, 6.07) is 5.61. The van der Waals surface area contributed by atoms with Gasteiger partial charge in [0.1, 0.15) is 5.82 Å². The number of hydrogen-bond acceptors (Lipinski definition) is 3. The van der Waals surface area contributed by atoms with Gasteiger partial charge in [-0.15, -0.1) is 0 Å². The minimum absolute atomic E-state index is 0.107. The second-order valence-electron chi connectivity index (χ2n) is 4.75. The Hall–Kier alpha value is -2.30. The summed E-state index contributed by atoms with van der Waals surface area (Å²) in [5, 5.41) is 6.17. The van der Waals surface area contributed by atoms with Gasteiger partial charge < -0.3 is 15.6 Å². The number of aromatic nitrogens is 2. The molecule has 0 aliphatic carbocycles. The van der Waals surface area contributed by atoms with Crippen molar-refractivity contribution in [1.82, 2.24) is 15.3 Å². The van der Waals surface area contributed by atoms with E-state index in [9.17, 15) is 4.79 Å². The third-order valence-corrected chi connectivity index (χ3v) is 3.06. The second-order valence-corrected chi connectivity index (χ2v) is 4.75. The van der Waals surface area contributed by atoms with Gasteiger partial charge in [-0.05, 0) is 38.5 Å². The minimum atomic E-state index is -0.159. The topological polar surface area (TPSA) is 69.8 Å². The van der Waals surface area contributed by atoms with Crippen LogP contribution in [0.15, 0.2) is 30.6 Å². The molecule has 20 heavy (non-hydrogen) atoms. The average molecular weight is 272 g/mol. The molecule has 0 saturated heterocycles. The van der Waals surface area contributed by atoms with Crippen LogP contribution in [0.25, 0.3) is 0 Å². The number of nitrogens with one attached hydrogen (secondary N) is 3. The van der Waals surface area contributed by atoms with E-state index in [1.165, 1.54) is 0 Å². The molecule has 2 rings (SSSR count). The molecule has 1 aromatic heterocycles. The number of H-pyrrole nitrogens is 1. The quantitative estimate of drug-likeness (QED) is 0.783. The Morgan fingerprint density at radius 2 is 2.25 bits per heavy atom. The van der Waals surface area contributed by atoms with E-state index < -0.39 is 0 Å². The van der Waals surface area contributed by atoms with E-state index in [1.807, 2.05) is 39.0 Å². The van der Waals surface area contributed by atoms with E-state index in [1.54, 1.807) is 12.4 Å². The van der Waals surface area contributed by atoms with Gasteiger partial charge in [0.05, 0.1) is 11.6 Å². The SMILES string of the molecule is CCNc1cc(C)ccc1C(=O)NC(C)c1ncc[nH]1. The number of benzene rings is 1. The highest BCUT2D eigenvalue weighted by atomic mass is 16.1. The molecule has 0 bridgehead atoms. The van der Waals surface area contributed by atoms with Crippen LogP contribution in [-0.2, 0) is 0 Å². The van der Waals surface area contributed by atoms with Gasteiger partial charge in [-0.3, -0.25) is 4.79 Å². The molecule has 2 aromatic rings. The van der Waals surface area contributed by atoms with E-state index in [0.717, 1.165) is 23.6 Å². The summed E-state index contributed by atoms with van der Waals surface area (Å²) in [4.78, 5) is 19.5. The first kappa shape index (κ1) is 14.1. The molecule has 106 valence electrons. The molecular weight excluding hydrogens is 252 g/mol. The zero-order chi connectivity index (χ0) is 14.5. The number of amides is 1. The lowest BCUT2D eigenvalue weighted by Gasteiger charge is -2.15. The van der Waals surface area contributed by atoms with Crippen molar-refractivity contribution >= 4 is 11.6 Å². The number of imidazole rings is 1. The van der Waals surface area contributed by atoms with Crippen LogP contribution in [0.3, 0.4) is 0 Å². The first-order chi connectivity index (χ1) is 9.61. The summed E-state index contributed by atoms with van der Waals surface area (Å²) in [6.45, 7) is 6.69. The predicted molar refractivity (Wildman–Crippen MR) is 79.8 cm³/mol. The number of carbonyl (C=O) groups is 1. The molecule has 5 heteroatoms. The number of hydrogen-bond donors (Lipinski definition) is 3. The summed E-state index contributed by atoms with van der Waals surface area (Å²) < 4.78 is 0. The molecule has 3 N–H and O–H groups in total. The molecule has 1 atom stereocenters. The standard InChI is InChI=1S/C15H20N4O/c1-4-16-13-9-10(2)5-6-12(13)15(20)19-11(3)14-17-7-8-18-14/h5-9,11,16H,4H2,1-3H3,(H,17,18)(H,19,20). The monoisotopic (exact) mass is 272 g/mol. The van der Waals surface area contributed by atoms with Gasteiger partial charge in [-0.25, -0.2) is 4.98 Å². The Kier molecular flexibility index (Phi) is 4.40. The molecule has 0 aliphatic heterocycles. The van der Waals surface area contributed by atoms with E-state index in [0.29, 0.717) is 5.56 Å². The smallest absolute Gasteiger partial charge is 0.253 e.